The Labute approximate surface area is 118 Å². The quantitative estimate of drug-likeness (QED) is 0.752. The van der Waals surface area contributed by atoms with E-state index < -0.39 is 0 Å². The molecular weight excluding hydrogens is 238 g/mol. The van der Waals surface area contributed by atoms with Crippen LogP contribution in [0.2, 0.25) is 0 Å². The Kier molecular flexibility index (Phi) is 6.11. The maximum absolute atomic E-state index is 6.08. The number of hydrogen-bond donors (Lipinski definition) is 1. The molecule has 0 aromatic rings. The van der Waals surface area contributed by atoms with Crippen molar-refractivity contribution in [2.24, 2.45) is 5.92 Å². The van der Waals surface area contributed by atoms with E-state index in [4.69, 9.17) is 9.47 Å². The zero-order valence-electron chi connectivity index (χ0n) is 12.7. The highest BCUT2D eigenvalue weighted by atomic mass is 16.5. The second-order valence-electron chi connectivity index (χ2n) is 6.68. The average molecular weight is 269 g/mol. The molecule has 2 rings (SSSR count). The molecule has 0 aliphatic carbocycles. The van der Waals surface area contributed by atoms with Gasteiger partial charge in [0.25, 0.3) is 0 Å². The summed E-state index contributed by atoms with van der Waals surface area (Å²) in [5.41, 5.74) is 0.131. The summed E-state index contributed by atoms with van der Waals surface area (Å²) >= 11 is 0. The molecule has 2 fully saturated rings. The minimum Gasteiger partial charge on any atom is -0.381 e. The van der Waals surface area contributed by atoms with Gasteiger partial charge in [-0.15, -0.1) is 0 Å². The predicted octanol–water partition coefficient (Wildman–Crippen LogP) is 3.13. The van der Waals surface area contributed by atoms with E-state index in [1.807, 2.05) is 0 Å². The molecular formula is C16H31NO2. The van der Waals surface area contributed by atoms with Gasteiger partial charge in [-0.25, -0.2) is 0 Å². The first-order chi connectivity index (χ1) is 9.20. The van der Waals surface area contributed by atoms with Crippen LogP contribution in [-0.2, 0) is 9.47 Å². The molecule has 2 saturated heterocycles. The van der Waals surface area contributed by atoms with Gasteiger partial charge in [-0.3, -0.25) is 0 Å². The van der Waals surface area contributed by atoms with Crippen LogP contribution in [0, 0.1) is 5.92 Å². The van der Waals surface area contributed by atoms with E-state index in [1.165, 1.54) is 38.6 Å². The van der Waals surface area contributed by atoms with Crippen molar-refractivity contribution in [3.05, 3.63) is 0 Å². The second kappa shape index (κ2) is 7.61. The van der Waals surface area contributed by atoms with E-state index >= 15 is 0 Å². The standard InChI is InChI=1S/C16H31NO2/c1-14(2)5-3-4-9-17-15-6-10-19-16(13-15)7-11-18-12-8-16/h14-15,17H,3-13H2,1-2H3. The summed E-state index contributed by atoms with van der Waals surface area (Å²) in [6, 6.07) is 0.658. The van der Waals surface area contributed by atoms with Crippen molar-refractivity contribution >= 4 is 0 Å². The summed E-state index contributed by atoms with van der Waals surface area (Å²) in [6.07, 6.45) is 8.54. The van der Waals surface area contributed by atoms with Crippen LogP contribution in [0.5, 0.6) is 0 Å². The van der Waals surface area contributed by atoms with Crippen LogP contribution in [-0.4, -0.2) is 38.0 Å². The van der Waals surface area contributed by atoms with E-state index in [0.717, 1.165) is 38.6 Å². The largest absolute Gasteiger partial charge is 0.381 e. The normalized spacial score (nSPS) is 27.0. The summed E-state index contributed by atoms with van der Waals surface area (Å²) in [5.74, 6) is 0.841. The lowest BCUT2D eigenvalue weighted by Gasteiger charge is -2.43. The van der Waals surface area contributed by atoms with E-state index in [0.29, 0.717) is 6.04 Å². The van der Waals surface area contributed by atoms with Crippen molar-refractivity contribution in [1.82, 2.24) is 5.32 Å². The molecule has 2 aliphatic heterocycles. The smallest absolute Gasteiger partial charge is 0.0741 e. The van der Waals surface area contributed by atoms with Gasteiger partial charge in [-0.05, 0) is 44.6 Å². The number of nitrogens with one attached hydrogen (secondary N) is 1. The SMILES string of the molecule is CC(C)CCCCNC1CCOC2(CCOCC2)C1. The van der Waals surface area contributed by atoms with Gasteiger partial charge in [0, 0.05) is 25.9 Å². The van der Waals surface area contributed by atoms with Gasteiger partial charge in [0.05, 0.1) is 5.60 Å². The molecule has 3 heteroatoms. The molecule has 1 atom stereocenters. The van der Waals surface area contributed by atoms with Crippen molar-refractivity contribution in [2.45, 2.75) is 70.4 Å². The molecule has 19 heavy (non-hydrogen) atoms. The number of ether oxygens (including phenoxy) is 2. The molecule has 0 aromatic carbocycles. The average Bonchev–Trinajstić information content (AvgIpc) is 2.39. The van der Waals surface area contributed by atoms with Crippen molar-refractivity contribution < 1.29 is 9.47 Å². The highest BCUT2D eigenvalue weighted by Gasteiger charge is 2.38. The zero-order chi connectivity index (χ0) is 13.6. The Morgan fingerprint density at radius 1 is 1.16 bits per heavy atom. The van der Waals surface area contributed by atoms with Crippen LogP contribution >= 0.6 is 0 Å². The van der Waals surface area contributed by atoms with Crippen LogP contribution in [0.15, 0.2) is 0 Å². The van der Waals surface area contributed by atoms with Crippen LogP contribution in [0.3, 0.4) is 0 Å². The molecule has 0 amide bonds. The zero-order valence-corrected chi connectivity index (χ0v) is 12.7. The molecule has 0 radical (unpaired) electrons. The summed E-state index contributed by atoms with van der Waals surface area (Å²) in [4.78, 5) is 0. The number of rotatable bonds is 6. The Balaban J connectivity index is 1.64. The molecule has 2 aliphatic rings. The van der Waals surface area contributed by atoms with Gasteiger partial charge in [0.2, 0.25) is 0 Å². The fraction of sp³-hybridized carbons (Fsp3) is 1.00. The fourth-order valence-electron chi connectivity index (χ4n) is 3.28. The van der Waals surface area contributed by atoms with Gasteiger partial charge in [0.15, 0.2) is 0 Å². The first kappa shape index (κ1) is 15.3. The molecule has 3 nitrogen and oxygen atoms in total. The molecule has 1 unspecified atom stereocenters. The van der Waals surface area contributed by atoms with Crippen LogP contribution in [0.1, 0.15) is 58.8 Å². The third-order valence-electron chi connectivity index (χ3n) is 4.54. The highest BCUT2D eigenvalue weighted by molar-refractivity contribution is 4.91. The van der Waals surface area contributed by atoms with Crippen LogP contribution in [0.4, 0.5) is 0 Å². The van der Waals surface area contributed by atoms with Crippen LogP contribution < -0.4 is 5.32 Å². The lowest BCUT2D eigenvalue weighted by atomic mass is 9.84. The van der Waals surface area contributed by atoms with Crippen molar-refractivity contribution in [2.75, 3.05) is 26.4 Å². The second-order valence-corrected chi connectivity index (χ2v) is 6.68. The number of hydrogen-bond acceptors (Lipinski definition) is 3. The van der Waals surface area contributed by atoms with Gasteiger partial charge < -0.3 is 14.8 Å². The molecule has 0 aromatic heterocycles. The maximum Gasteiger partial charge on any atom is 0.0741 e. The summed E-state index contributed by atoms with van der Waals surface area (Å²) in [7, 11) is 0. The Bertz CT molecular complexity index is 244. The number of unbranched alkanes of at least 4 members (excludes halogenated alkanes) is 1. The molecule has 0 bridgehead atoms. The minimum atomic E-state index is 0.131. The van der Waals surface area contributed by atoms with Crippen molar-refractivity contribution in [3.63, 3.8) is 0 Å². The lowest BCUT2D eigenvalue weighted by molar-refractivity contribution is -0.140. The van der Waals surface area contributed by atoms with E-state index in [9.17, 15) is 0 Å². The van der Waals surface area contributed by atoms with Gasteiger partial charge >= 0.3 is 0 Å². The van der Waals surface area contributed by atoms with E-state index in [1.54, 1.807) is 0 Å². The summed E-state index contributed by atoms with van der Waals surface area (Å²) in [5, 5.41) is 3.75. The topological polar surface area (TPSA) is 30.5 Å². The molecule has 1 N–H and O–H groups in total. The predicted molar refractivity (Wildman–Crippen MR) is 78.4 cm³/mol. The molecule has 1 spiro atoms. The minimum absolute atomic E-state index is 0.131. The Hall–Kier alpha value is -0.120. The van der Waals surface area contributed by atoms with E-state index in [-0.39, 0.29) is 5.60 Å². The fourth-order valence-corrected chi connectivity index (χ4v) is 3.28. The molecule has 112 valence electrons. The van der Waals surface area contributed by atoms with Gasteiger partial charge in [0.1, 0.15) is 0 Å². The van der Waals surface area contributed by atoms with Gasteiger partial charge in [-0.1, -0.05) is 26.7 Å². The monoisotopic (exact) mass is 269 g/mol. The molecule has 0 saturated carbocycles. The summed E-state index contributed by atoms with van der Waals surface area (Å²) < 4.78 is 11.5. The van der Waals surface area contributed by atoms with Gasteiger partial charge in [-0.2, -0.15) is 0 Å². The van der Waals surface area contributed by atoms with E-state index in [2.05, 4.69) is 19.2 Å². The maximum atomic E-state index is 6.08. The highest BCUT2D eigenvalue weighted by Crippen LogP contribution is 2.34. The first-order valence-electron chi connectivity index (χ1n) is 8.15. The Morgan fingerprint density at radius 3 is 2.68 bits per heavy atom. The Morgan fingerprint density at radius 2 is 1.95 bits per heavy atom. The van der Waals surface area contributed by atoms with Crippen molar-refractivity contribution in [3.8, 4) is 0 Å². The lowest BCUT2D eigenvalue weighted by Crippen LogP contribution is -2.50. The third-order valence-corrected chi connectivity index (χ3v) is 4.54. The molecule has 2 heterocycles. The summed E-state index contributed by atoms with van der Waals surface area (Å²) in [6.45, 7) is 8.46. The van der Waals surface area contributed by atoms with Crippen molar-refractivity contribution in [1.29, 1.82) is 0 Å². The first-order valence-corrected chi connectivity index (χ1v) is 8.15. The third kappa shape index (κ3) is 5.05. The van der Waals surface area contributed by atoms with Crippen LogP contribution in [0.25, 0.3) is 0 Å².